The third-order valence-corrected chi connectivity index (χ3v) is 14.0. The van der Waals surface area contributed by atoms with E-state index in [-0.39, 0.29) is 56.1 Å². The molecule has 6 aliphatic heterocycles. The van der Waals surface area contributed by atoms with Crippen molar-refractivity contribution < 1.29 is 62.8 Å². The number of nitrogens with one attached hydrogen (secondary N) is 10. The van der Waals surface area contributed by atoms with Gasteiger partial charge in [0.1, 0.15) is 47.5 Å². The molecule has 1 fully saturated rings. The van der Waals surface area contributed by atoms with Crippen LogP contribution in [-0.4, -0.2) is 137 Å². The van der Waals surface area contributed by atoms with E-state index in [0.29, 0.717) is 40.1 Å². The number of rotatable bonds is 4. The van der Waals surface area contributed by atoms with Crippen molar-refractivity contribution in [2.75, 3.05) is 25.0 Å². The fourth-order valence-electron chi connectivity index (χ4n) is 10.2. The van der Waals surface area contributed by atoms with Gasteiger partial charge in [0.05, 0.1) is 36.8 Å². The fraction of sp³-hybridized carbons (Fsp3) is 0.543. The first-order chi connectivity index (χ1) is 32.8. The Hall–Kier alpha value is -7.01. The molecule has 0 aliphatic carbocycles. The fourth-order valence-corrected chi connectivity index (χ4v) is 10.2. The lowest BCUT2D eigenvalue weighted by Crippen LogP contribution is -2.60. The Kier molecular flexibility index (Phi) is 13.5. The van der Waals surface area contributed by atoms with Crippen molar-refractivity contribution in [2.24, 2.45) is 5.92 Å². The Morgan fingerprint density at radius 3 is 2.30 bits per heavy atom. The summed E-state index contributed by atoms with van der Waals surface area (Å²) >= 11 is 0. The van der Waals surface area contributed by atoms with Gasteiger partial charge in [0.2, 0.25) is 47.3 Å². The van der Waals surface area contributed by atoms with Gasteiger partial charge in [-0.3, -0.25) is 43.7 Å². The monoisotopic (exact) mass is 958 g/mol. The summed E-state index contributed by atoms with van der Waals surface area (Å²) in [6, 6.07) is 1.41. The maximum Gasteiger partial charge on any atom is 0.330 e. The summed E-state index contributed by atoms with van der Waals surface area (Å²) in [5, 5.41) is 49.8. The highest BCUT2D eigenvalue weighted by molar-refractivity contribution is 5.97. The van der Waals surface area contributed by atoms with Crippen LogP contribution >= 0.6 is 0 Å². The third kappa shape index (κ3) is 9.69. The summed E-state index contributed by atoms with van der Waals surface area (Å²) in [5.74, 6) is -6.42. The van der Waals surface area contributed by atoms with Gasteiger partial charge >= 0.3 is 5.97 Å². The second kappa shape index (κ2) is 19.2. The van der Waals surface area contributed by atoms with Crippen LogP contribution in [0.5, 0.6) is 11.5 Å². The quantitative estimate of drug-likeness (QED) is 0.147. The van der Waals surface area contributed by atoms with E-state index in [2.05, 4.69) is 53.2 Å². The second-order valence-corrected chi connectivity index (χ2v) is 19.0. The van der Waals surface area contributed by atoms with Gasteiger partial charge in [-0.15, -0.1) is 0 Å². The average Bonchev–Trinajstić information content (AvgIpc) is 3.97. The first kappa shape index (κ1) is 48.4. The zero-order valence-corrected chi connectivity index (χ0v) is 38.5. The zero-order valence-electron chi connectivity index (χ0n) is 38.5. The number of anilines is 1. The number of carbonyl (C=O) groups excluding carboxylic acids is 8. The highest BCUT2D eigenvalue weighted by Gasteiger charge is 2.59. The number of carboxylic acids is 1. The first-order valence-electron chi connectivity index (χ1n) is 23.2. The molecule has 8 amide bonds. The Labute approximate surface area is 396 Å². The van der Waals surface area contributed by atoms with E-state index in [1.807, 2.05) is 19.1 Å². The number of amides is 8. The smallest absolute Gasteiger partial charge is 0.330 e. The molecular formula is C46H58N10O13. The standard InChI is InChI=1S/C46H58N10O13/c1-5-45(4)37(43(66)67)55-34(60)18-47-32(58)17-48-40(63)29-16-46-24-7-6-8-30(69-45)35(24)56-44(46)68-36-23-11-20(2)12-27(52-41(64)26-9-10-31(57)51-26)42(65)53-28(15-22(13-23)14-25(36)46)39(62)49-19-33(59)50-21(3)38(61)54-29/h6-8,13-14,20-21,26-29,37,40,44,48,56,63H,5,9-12,15-19H2,1-4H3,(H,47,58)(H,49,62)(H,50,59)(H,51,57)(H,52,64)(H,53,65)(H,54,61)(H,55,60)(H,66,67)/t20-,21-,26?,27-,28-,29-,37+,40?,44+,45+,46-/m0/s1. The van der Waals surface area contributed by atoms with Crippen LogP contribution in [0.2, 0.25) is 0 Å². The Balaban J connectivity index is 1.31. The number of para-hydroxylation sites is 1. The molecule has 23 heteroatoms. The van der Waals surface area contributed by atoms with Gasteiger partial charge in [-0.25, -0.2) is 4.79 Å². The molecule has 6 aliphatic rings. The predicted molar refractivity (Wildman–Crippen MR) is 241 cm³/mol. The molecule has 1 spiro atoms. The number of ether oxygens (including phenoxy) is 2. The van der Waals surface area contributed by atoms with Gasteiger partial charge in [0.15, 0.2) is 12.3 Å². The second-order valence-electron chi connectivity index (χ2n) is 19.0. The van der Waals surface area contributed by atoms with Crippen molar-refractivity contribution in [1.29, 1.82) is 0 Å². The summed E-state index contributed by atoms with van der Waals surface area (Å²) in [4.78, 5) is 120. The minimum absolute atomic E-state index is 0.0883. The molecule has 2 aromatic rings. The lowest BCUT2D eigenvalue weighted by Gasteiger charge is -2.36. The molecule has 0 saturated carbocycles. The molecule has 23 nitrogen and oxygen atoms in total. The molecule has 6 heterocycles. The van der Waals surface area contributed by atoms with Gasteiger partial charge in [-0.1, -0.05) is 38.1 Å². The molecule has 0 aromatic heterocycles. The number of benzene rings is 2. The highest BCUT2D eigenvalue weighted by Crippen LogP contribution is 2.59. The van der Waals surface area contributed by atoms with Crippen molar-refractivity contribution in [3.05, 3.63) is 52.6 Å². The molecular weight excluding hydrogens is 901 g/mol. The lowest BCUT2D eigenvalue weighted by molar-refractivity contribution is -0.148. The molecule has 11 atom stereocenters. The van der Waals surface area contributed by atoms with E-state index in [9.17, 15) is 53.4 Å². The van der Waals surface area contributed by atoms with Crippen LogP contribution < -0.4 is 62.6 Å². The summed E-state index contributed by atoms with van der Waals surface area (Å²) in [5.41, 5.74) is -0.230. The van der Waals surface area contributed by atoms with Crippen molar-refractivity contribution in [3.63, 3.8) is 0 Å². The van der Waals surface area contributed by atoms with Crippen molar-refractivity contribution in [1.82, 2.24) is 47.9 Å². The number of hydrogen-bond acceptors (Lipinski definition) is 14. The SMILES string of the molecule is CC[C@@]1(C)Oc2cccc3c2N[C@@H]2Oc4c5cc6cc4[C@]32C[C@H](NC(=O)[C@H](C)NC(=O)CNC(=O)[C@H](C6)NC(=O)[C@@H](NC(=O)C2CCC(=O)N2)C[C@@H](C)C5)C(O)NCC(=O)NCC(=O)N[C@@H]1C(=O)O. The molecule has 9 bridgehead atoms. The van der Waals surface area contributed by atoms with Crippen LogP contribution in [-0.2, 0) is 61.4 Å². The number of hydrogen-bond donors (Lipinski definition) is 12. The van der Waals surface area contributed by atoms with E-state index < -0.39 is 127 Å². The zero-order chi connectivity index (χ0) is 49.5. The number of aliphatic hydroxyl groups excluding tert-OH is 1. The highest BCUT2D eigenvalue weighted by atomic mass is 16.5. The van der Waals surface area contributed by atoms with Gasteiger partial charge in [0.25, 0.3) is 0 Å². The molecule has 12 N–H and O–H groups in total. The molecule has 2 aromatic carbocycles. The molecule has 2 unspecified atom stereocenters. The van der Waals surface area contributed by atoms with Crippen LogP contribution in [0.25, 0.3) is 0 Å². The van der Waals surface area contributed by atoms with Crippen LogP contribution in [0.4, 0.5) is 5.69 Å². The van der Waals surface area contributed by atoms with Crippen LogP contribution in [0.3, 0.4) is 0 Å². The summed E-state index contributed by atoms with van der Waals surface area (Å²) in [7, 11) is 0. The number of aliphatic carboxylic acids is 1. The first-order valence-corrected chi connectivity index (χ1v) is 23.2. The minimum Gasteiger partial charge on any atom is -0.483 e. The summed E-state index contributed by atoms with van der Waals surface area (Å²) in [6.45, 7) is 4.78. The van der Waals surface area contributed by atoms with Crippen LogP contribution in [0.15, 0.2) is 30.3 Å². The molecule has 0 radical (unpaired) electrons. The average molecular weight is 959 g/mol. The maximum absolute atomic E-state index is 14.2. The number of fused-ring (bicyclic) bond motifs is 4. The minimum atomic E-state index is -1.66. The van der Waals surface area contributed by atoms with Gasteiger partial charge in [0, 0.05) is 18.4 Å². The van der Waals surface area contributed by atoms with Crippen LogP contribution in [0, 0.1) is 5.92 Å². The van der Waals surface area contributed by atoms with E-state index in [0.717, 1.165) is 0 Å². The maximum atomic E-state index is 14.2. The number of carbonyl (C=O) groups is 9. The largest absolute Gasteiger partial charge is 0.483 e. The van der Waals surface area contributed by atoms with Gasteiger partial charge < -0.3 is 67.5 Å². The molecule has 8 rings (SSSR count). The lowest BCUT2D eigenvalue weighted by atomic mass is 9.70. The van der Waals surface area contributed by atoms with Crippen molar-refractivity contribution in [2.45, 2.75) is 132 Å². The summed E-state index contributed by atoms with van der Waals surface area (Å²) in [6.07, 6.45) is -2.07. The van der Waals surface area contributed by atoms with E-state index in [4.69, 9.17) is 9.47 Å². The Bertz CT molecular complexity index is 2490. The molecule has 1 saturated heterocycles. The Morgan fingerprint density at radius 1 is 0.826 bits per heavy atom. The van der Waals surface area contributed by atoms with E-state index >= 15 is 0 Å². The molecule has 69 heavy (non-hydrogen) atoms. The van der Waals surface area contributed by atoms with Crippen molar-refractivity contribution in [3.8, 4) is 11.5 Å². The molecule has 370 valence electrons. The topological polar surface area (TPSA) is 333 Å². The van der Waals surface area contributed by atoms with E-state index in [1.54, 1.807) is 25.1 Å². The van der Waals surface area contributed by atoms with Gasteiger partial charge in [-0.2, -0.15) is 0 Å². The van der Waals surface area contributed by atoms with E-state index in [1.165, 1.54) is 13.8 Å². The number of aliphatic hydroxyl groups is 1. The summed E-state index contributed by atoms with van der Waals surface area (Å²) < 4.78 is 13.6. The third-order valence-electron chi connectivity index (χ3n) is 14.0. The van der Waals surface area contributed by atoms with Crippen molar-refractivity contribution >= 4 is 58.9 Å². The predicted octanol–water partition coefficient (Wildman–Crippen LogP) is -2.85. The normalized spacial score (nSPS) is 32.8. The number of carboxylic acid groups (broad SMARTS) is 1. The van der Waals surface area contributed by atoms with Crippen LogP contribution in [0.1, 0.15) is 82.1 Å². The van der Waals surface area contributed by atoms with Gasteiger partial charge in [-0.05, 0) is 74.6 Å². The Morgan fingerprint density at radius 2 is 1.58 bits per heavy atom.